The van der Waals surface area contributed by atoms with Gasteiger partial charge in [0.15, 0.2) is 0 Å². The minimum Gasteiger partial charge on any atom is -0.497 e. The standard InChI is InChI=1S/C23H20FN3O/c1-28-18-12-8-16(9-13-18)22-14-20(15-6-10-17(24)11-7-15)26-23-25-19-4-2-3-5-21(19)27(22)23/h2-13,20,22H,14H2,1H3,(H,25,26)/t20-,22-/m0/s1. The van der Waals surface area contributed by atoms with Crippen LogP contribution in [0.15, 0.2) is 72.8 Å². The normalized spacial score (nSPS) is 18.5. The molecule has 0 saturated heterocycles. The highest BCUT2D eigenvalue weighted by atomic mass is 19.1. The third-order valence-corrected chi connectivity index (χ3v) is 5.44. The van der Waals surface area contributed by atoms with Gasteiger partial charge in [0.05, 0.1) is 30.2 Å². The molecule has 0 radical (unpaired) electrons. The van der Waals surface area contributed by atoms with Crippen molar-refractivity contribution < 1.29 is 9.13 Å². The number of aromatic nitrogens is 2. The zero-order chi connectivity index (χ0) is 19.1. The fraction of sp³-hybridized carbons (Fsp3) is 0.174. The van der Waals surface area contributed by atoms with Gasteiger partial charge in [0.1, 0.15) is 11.6 Å². The first-order valence-electron chi connectivity index (χ1n) is 9.36. The zero-order valence-corrected chi connectivity index (χ0v) is 15.5. The van der Waals surface area contributed by atoms with Crippen LogP contribution in [0.2, 0.25) is 0 Å². The number of rotatable bonds is 3. The molecule has 2 atom stereocenters. The summed E-state index contributed by atoms with van der Waals surface area (Å²) in [6.07, 6.45) is 0.839. The number of fused-ring (bicyclic) bond motifs is 3. The first kappa shape index (κ1) is 16.8. The van der Waals surface area contributed by atoms with Crippen molar-refractivity contribution in [2.24, 2.45) is 0 Å². The molecule has 0 aliphatic carbocycles. The van der Waals surface area contributed by atoms with Crippen LogP contribution >= 0.6 is 0 Å². The molecule has 2 heterocycles. The number of ether oxygens (including phenoxy) is 1. The second-order valence-electron chi connectivity index (χ2n) is 7.07. The van der Waals surface area contributed by atoms with Gasteiger partial charge in [0.2, 0.25) is 5.95 Å². The molecule has 0 saturated carbocycles. The van der Waals surface area contributed by atoms with Gasteiger partial charge in [-0.25, -0.2) is 9.37 Å². The third kappa shape index (κ3) is 2.80. The largest absolute Gasteiger partial charge is 0.497 e. The van der Waals surface area contributed by atoms with Crippen molar-refractivity contribution in [3.05, 3.63) is 89.7 Å². The number of methoxy groups -OCH3 is 1. The zero-order valence-electron chi connectivity index (χ0n) is 15.5. The van der Waals surface area contributed by atoms with E-state index >= 15 is 0 Å². The molecule has 1 N–H and O–H groups in total. The van der Waals surface area contributed by atoms with Crippen molar-refractivity contribution in [1.82, 2.24) is 9.55 Å². The minimum atomic E-state index is -0.224. The van der Waals surface area contributed by atoms with Crippen LogP contribution in [0.5, 0.6) is 5.75 Å². The van der Waals surface area contributed by atoms with Crippen molar-refractivity contribution in [1.29, 1.82) is 0 Å². The Morgan fingerprint density at radius 3 is 2.43 bits per heavy atom. The van der Waals surface area contributed by atoms with Crippen LogP contribution in [0.1, 0.15) is 29.6 Å². The Kier molecular flexibility index (Phi) is 4.01. The molecule has 1 aliphatic rings. The van der Waals surface area contributed by atoms with E-state index in [0.717, 1.165) is 34.7 Å². The molecule has 140 valence electrons. The van der Waals surface area contributed by atoms with Gasteiger partial charge in [-0.05, 0) is 53.9 Å². The second-order valence-corrected chi connectivity index (χ2v) is 7.07. The van der Waals surface area contributed by atoms with Gasteiger partial charge < -0.3 is 14.6 Å². The Morgan fingerprint density at radius 1 is 0.964 bits per heavy atom. The van der Waals surface area contributed by atoms with Crippen LogP contribution in [-0.4, -0.2) is 16.7 Å². The maximum Gasteiger partial charge on any atom is 0.204 e. The highest BCUT2D eigenvalue weighted by Gasteiger charge is 2.30. The summed E-state index contributed by atoms with van der Waals surface area (Å²) < 4.78 is 21.0. The average molecular weight is 373 g/mol. The first-order valence-corrected chi connectivity index (χ1v) is 9.36. The Hall–Kier alpha value is -3.34. The lowest BCUT2D eigenvalue weighted by atomic mass is 9.93. The number of halogens is 1. The molecule has 3 aromatic carbocycles. The summed E-state index contributed by atoms with van der Waals surface area (Å²) in [5.74, 6) is 1.45. The maximum atomic E-state index is 13.4. The molecule has 0 fully saturated rings. The molecular formula is C23H20FN3O. The topological polar surface area (TPSA) is 39.1 Å². The van der Waals surface area contributed by atoms with Crippen LogP contribution in [-0.2, 0) is 0 Å². The van der Waals surface area contributed by atoms with Crippen LogP contribution in [0.3, 0.4) is 0 Å². The number of anilines is 1. The summed E-state index contributed by atoms with van der Waals surface area (Å²) in [7, 11) is 1.67. The van der Waals surface area contributed by atoms with Crippen molar-refractivity contribution in [2.45, 2.75) is 18.5 Å². The number of nitrogens with zero attached hydrogens (tertiary/aromatic N) is 2. The Bertz CT molecular complexity index is 1120. The smallest absolute Gasteiger partial charge is 0.204 e. The predicted octanol–water partition coefficient (Wildman–Crippen LogP) is 5.33. The summed E-state index contributed by atoms with van der Waals surface area (Å²) >= 11 is 0. The molecule has 4 aromatic rings. The van der Waals surface area contributed by atoms with Gasteiger partial charge >= 0.3 is 0 Å². The third-order valence-electron chi connectivity index (χ3n) is 5.44. The Morgan fingerprint density at radius 2 is 1.68 bits per heavy atom. The summed E-state index contributed by atoms with van der Waals surface area (Å²) in [5.41, 5.74) is 4.31. The number of hydrogen-bond donors (Lipinski definition) is 1. The van der Waals surface area contributed by atoms with E-state index < -0.39 is 0 Å². The molecule has 5 rings (SSSR count). The van der Waals surface area contributed by atoms with Gasteiger partial charge in [-0.3, -0.25) is 0 Å². The minimum absolute atomic E-state index is 0.0528. The molecular weight excluding hydrogens is 353 g/mol. The molecule has 5 heteroatoms. The second kappa shape index (κ2) is 6.68. The molecule has 0 unspecified atom stereocenters. The molecule has 1 aliphatic heterocycles. The van der Waals surface area contributed by atoms with Crippen LogP contribution < -0.4 is 10.1 Å². The van der Waals surface area contributed by atoms with Gasteiger partial charge in [-0.1, -0.05) is 36.4 Å². The highest BCUT2D eigenvalue weighted by Crippen LogP contribution is 2.41. The van der Waals surface area contributed by atoms with E-state index in [1.807, 2.05) is 42.5 Å². The number of imidazole rings is 1. The van der Waals surface area contributed by atoms with E-state index in [2.05, 4.69) is 28.1 Å². The molecule has 0 bridgehead atoms. The van der Waals surface area contributed by atoms with Crippen LogP contribution in [0, 0.1) is 5.82 Å². The molecule has 4 nitrogen and oxygen atoms in total. The number of nitrogens with one attached hydrogen (secondary N) is 1. The van der Waals surface area contributed by atoms with E-state index in [0.29, 0.717) is 0 Å². The molecule has 1 aromatic heterocycles. The van der Waals surface area contributed by atoms with Crippen molar-refractivity contribution in [3.8, 4) is 5.75 Å². The van der Waals surface area contributed by atoms with Crippen molar-refractivity contribution in [2.75, 3.05) is 12.4 Å². The summed E-state index contributed by atoms with van der Waals surface area (Å²) in [4.78, 5) is 4.81. The number of hydrogen-bond acceptors (Lipinski definition) is 3. The molecule has 28 heavy (non-hydrogen) atoms. The average Bonchev–Trinajstić information content (AvgIpc) is 3.12. The van der Waals surface area contributed by atoms with Gasteiger partial charge in [-0.15, -0.1) is 0 Å². The number of benzene rings is 3. The Balaban J connectivity index is 1.63. The van der Waals surface area contributed by atoms with Crippen LogP contribution in [0.25, 0.3) is 11.0 Å². The quantitative estimate of drug-likeness (QED) is 0.527. The first-order chi connectivity index (χ1) is 13.7. The van der Waals surface area contributed by atoms with E-state index in [4.69, 9.17) is 9.72 Å². The highest BCUT2D eigenvalue weighted by molar-refractivity contribution is 5.79. The summed E-state index contributed by atoms with van der Waals surface area (Å²) in [5, 5.41) is 3.55. The Labute approximate surface area is 162 Å². The summed E-state index contributed by atoms with van der Waals surface area (Å²) in [6, 6.07) is 23.2. The van der Waals surface area contributed by atoms with Gasteiger partial charge in [0.25, 0.3) is 0 Å². The fourth-order valence-corrected chi connectivity index (χ4v) is 4.03. The van der Waals surface area contributed by atoms with E-state index in [1.165, 1.54) is 17.7 Å². The van der Waals surface area contributed by atoms with E-state index in [1.54, 1.807) is 7.11 Å². The molecule has 0 spiro atoms. The fourth-order valence-electron chi connectivity index (χ4n) is 4.03. The van der Waals surface area contributed by atoms with Gasteiger partial charge in [0, 0.05) is 0 Å². The lowest BCUT2D eigenvalue weighted by Gasteiger charge is -2.33. The van der Waals surface area contributed by atoms with Crippen molar-refractivity contribution in [3.63, 3.8) is 0 Å². The SMILES string of the molecule is COc1ccc([C@@H]2C[C@@H](c3ccc(F)cc3)Nc3nc4ccccc4n32)cc1. The monoisotopic (exact) mass is 373 g/mol. The van der Waals surface area contributed by atoms with E-state index in [9.17, 15) is 4.39 Å². The van der Waals surface area contributed by atoms with Crippen LogP contribution in [0.4, 0.5) is 10.3 Å². The summed E-state index contributed by atoms with van der Waals surface area (Å²) in [6.45, 7) is 0. The maximum absolute atomic E-state index is 13.4. The lowest BCUT2D eigenvalue weighted by Crippen LogP contribution is -2.27. The molecule has 0 amide bonds. The van der Waals surface area contributed by atoms with E-state index in [-0.39, 0.29) is 17.9 Å². The number of para-hydroxylation sites is 2. The lowest BCUT2D eigenvalue weighted by molar-refractivity contribution is 0.414. The van der Waals surface area contributed by atoms with Gasteiger partial charge in [-0.2, -0.15) is 0 Å². The van der Waals surface area contributed by atoms with Crippen molar-refractivity contribution >= 4 is 17.0 Å². The predicted molar refractivity (Wildman–Crippen MR) is 108 cm³/mol.